The number of halogens is 1. The molecule has 3 nitrogen and oxygen atoms in total. The quantitative estimate of drug-likeness (QED) is 0.892. The smallest absolute Gasteiger partial charge is 0.261 e. The molecule has 0 saturated carbocycles. The van der Waals surface area contributed by atoms with Crippen molar-refractivity contribution in [3.63, 3.8) is 0 Å². The third-order valence-corrected chi connectivity index (χ3v) is 5.50. The molecule has 1 aromatic heterocycles. The third kappa shape index (κ3) is 4.44. The predicted molar refractivity (Wildman–Crippen MR) is 92.5 cm³/mol. The molecule has 0 aliphatic heterocycles. The second-order valence-corrected chi connectivity index (χ2v) is 8.11. The maximum Gasteiger partial charge on any atom is 0.261 e. The van der Waals surface area contributed by atoms with Gasteiger partial charge in [0.1, 0.15) is 0 Å². The zero-order chi connectivity index (χ0) is 14.9. The highest BCUT2D eigenvalue weighted by Gasteiger charge is 2.30. The van der Waals surface area contributed by atoms with Crippen molar-refractivity contribution in [2.75, 3.05) is 6.54 Å². The molecule has 0 saturated heterocycles. The summed E-state index contributed by atoms with van der Waals surface area (Å²) < 4.78 is 0. The topological polar surface area (TPSA) is 55.1 Å². The second-order valence-electron chi connectivity index (χ2n) is 6.98. The number of hydrogen-bond acceptors (Lipinski definition) is 3. The number of fused-ring (bicyclic) bond motifs is 1. The van der Waals surface area contributed by atoms with E-state index in [-0.39, 0.29) is 24.4 Å². The lowest BCUT2D eigenvalue weighted by Crippen LogP contribution is -2.37. The molecule has 5 heteroatoms. The Morgan fingerprint density at radius 1 is 1.52 bits per heavy atom. The van der Waals surface area contributed by atoms with Crippen molar-refractivity contribution in [2.24, 2.45) is 17.1 Å². The number of thiophene rings is 1. The first-order valence-electron chi connectivity index (χ1n) is 7.43. The summed E-state index contributed by atoms with van der Waals surface area (Å²) in [6.07, 6.45) is 3.45. The maximum absolute atomic E-state index is 12.2. The first-order valence-corrected chi connectivity index (χ1v) is 8.25. The van der Waals surface area contributed by atoms with Gasteiger partial charge in [-0.3, -0.25) is 4.79 Å². The summed E-state index contributed by atoms with van der Waals surface area (Å²) in [5.41, 5.74) is 7.28. The van der Waals surface area contributed by atoms with Gasteiger partial charge in [0.2, 0.25) is 0 Å². The van der Waals surface area contributed by atoms with Gasteiger partial charge in [0.25, 0.3) is 5.91 Å². The first-order chi connectivity index (χ1) is 9.31. The normalized spacial score (nSPS) is 19.4. The molecule has 0 bridgehead atoms. The van der Waals surface area contributed by atoms with Crippen molar-refractivity contribution >= 4 is 29.7 Å². The van der Waals surface area contributed by atoms with Crippen molar-refractivity contribution in [1.29, 1.82) is 0 Å². The summed E-state index contributed by atoms with van der Waals surface area (Å²) in [5.74, 6) is 0.734. The SMILES string of the molecule is C[C@@H](CN)NC(=O)c1cc2c(s1)CCC(C(C)(C)C)C2.Cl. The van der Waals surface area contributed by atoms with Crippen LogP contribution in [-0.4, -0.2) is 18.5 Å². The molecule has 2 atom stereocenters. The minimum Gasteiger partial charge on any atom is -0.348 e. The highest BCUT2D eigenvalue weighted by molar-refractivity contribution is 7.14. The van der Waals surface area contributed by atoms with Gasteiger partial charge in [-0.05, 0) is 49.1 Å². The molecule has 120 valence electrons. The lowest BCUT2D eigenvalue weighted by Gasteiger charge is -2.33. The summed E-state index contributed by atoms with van der Waals surface area (Å²) >= 11 is 1.66. The lowest BCUT2D eigenvalue weighted by molar-refractivity contribution is 0.0945. The number of carbonyl (C=O) groups is 1. The molecular weight excluding hydrogens is 304 g/mol. The molecule has 21 heavy (non-hydrogen) atoms. The lowest BCUT2D eigenvalue weighted by atomic mass is 9.72. The van der Waals surface area contributed by atoms with Gasteiger partial charge in [0, 0.05) is 17.5 Å². The van der Waals surface area contributed by atoms with Gasteiger partial charge in [-0.2, -0.15) is 0 Å². The minimum atomic E-state index is 0. The van der Waals surface area contributed by atoms with Crippen molar-refractivity contribution in [1.82, 2.24) is 5.32 Å². The van der Waals surface area contributed by atoms with Crippen LogP contribution in [-0.2, 0) is 12.8 Å². The van der Waals surface area contributed by atoms with Crippen LogP contribution in [0, 0.1) is 11.3 Å². The van der Waals surface area contributed by atoms with Crippen LogP contribution in [0.2, 0.25) is 0 Å². The van der Waals surface area contributed by atoms with E-state index in [9.17, 15) is 4.79 Å². The number of rotatable bonds is 3. The minimum absolute atomic E-state index is 0. The predicted octanol–water partition coefficient (Wildman–Crippen LogP) is 3.40. The largest absolute Gasteiger partial charge is 0.348 e. The third-order valence-electron chi connectivity index (χ3n) is 4.26. The fraction of sp³-hybridized carbons (Fsp3) is 0.688. The van der Waals surface area contributed by atoms with E-state index < -0.39 is 0 Å². The number of hydrogen-bond donors (Lipinski definition) is 2. The maximum atomic E-state index is 12.2. The number of nitrogens with two attached hydrogens (primary N) is 1. The van der Waals surface area contributed by atoms with Crippen LogP contribution >= 0.6 is 23.7 Å². The van der Waals surface area contributed by atoms with Gasteiger partial charge in [-0.15, -0.1) is 23.7 Å². The van der Waals surface area contributed by atoms with Gasteiger partial charge >= 0.3 is 0 Å². The number of carbonyl (C=O) groups excluding carboxylic acids is 1. The van der Waals surface area contributed by atoms with Crippen molar-refractivity contribution in [3.8, 4) is 0 Å². The van der Waals surface area contributed by atoms with Gasteiger partial charge in [-0.25, -0.2) is 0 Å². The number of amides is 1. The van der Waals surface area contributed by atoms with Gasteiger partial charge in [0.15, 0.2) is 0 Å². The highest BCUT2D eigenvalue weighted by atomic mass is 35.5. The Morgan fingerprint density at radius 2 is 2.19 bits per heavy atom. The van der Waals surface area contributed by atoms with E-state index in [1.54, 1.807) is 11.3 Å². The molecule has 2 rings (SSSR count). The monoisotopic (exact) mass is 330 g/mol. The molecule has 1 heterocycles. The van der Waals surface area contributed by atoms with Crippen molar-refractivity contribution in [3.05, 3.63) is 21.4 Å². The average molecular weight is 331 g/mol. The van der Waals surface area contributed by atoms with Crippen LogP contribution in [0.3, 0.4) is 0 Å². The zero-order valence-corrected chi connectivity index (χ0v) is 15.0. The van der Waals surface area contributed by atoms with E-state index in [1.165, 1.54) is 16.9 Å². The summed E-state index contributed by atoms with van der Waals surface area (Å²) in [4.78, 5) is 14.4. The Morgan fingerprint density at radius 3 is 2.76 bits per heavy atom. The Hall–Kier alpha value is -0.580. The Balaban J connectivity index is 0.00000220. The summed E-state index contributed by atoms with van der Waals surface area (Å²) in [7, 11) is 0. The fourth-order valence-electron chi connectivity index (χ4n) is 2.73. The van der Waals surface area contributed by atoms with Crippen molar-refractivity contribution in [2.45, 2.75) is 53.0 Å². The summed E-state index contributed by atoms with van der Waals surface area (Å²) in [6, 6.07) is 2.13. The second kappa shape index (κ2) is 7.12. The van der Waals surface area contributed by atoms with E-state index in [0.717, 1.165) is 17.7 Å². The number of aryl methyl sites for hydroxylation is 1. The van der Waals surface area contributed by atoms with Crippen molar-refractivity contribution < 1.29 is 4.79 Å². The molecule has 1 aliphatic rings. The van der Waals surface area contributed by atoms with E-state index in [1.807, 2.05) is 6.92 Å². The van der Waals surface area contributed by atoms with E-state index in [4.69, 9.17) is 5.73 Å². The Bertz CT molecular complexity index is 493. The van der Waals surface area contributed by atoms with E-state index in [0.29, 0.717) is 17.9 Å². The van der Waals surface area contributed by atoms with Gasteiger partial charge < -0.3 is 11.1 Å². The highest BCUT2D eigenvalue weighted by Crippen LogP contribution is 2.40. The molecule has 0 radical (unpaired) electrons. The number of nitrogens with one attached hydrogen (secondary N) is 1. The average Bonchev–Trinajstić information content (AvgIpc) is 2.80. The van der Waals surface area contributed by atoms with Crippen LogP contribution in [0.4, 0.5) is 0 Å². The molecular formula is C16H27ClN2OS. The Labute approximate surface area is 138 Å². The van der Waals surface area contributed by atoms with Crippen LogP contribution < -0.4 is 11.1 Å². The van der Waals surface area contributed by atoms with E-state index in [2.05, 4.69) is 32.2 Å². The molecule has 1 unspecified atom stereocenters. The molecule has 3 N–H and O–H groups in total. The Kier molecular flexibility index (Phi) is 6.26. The van der Waals surface area contributed by atoms with E-state index >= 15 is 0 Å². The molecule has 0 fully saturated rings. The van der Waals surface area contributed by atoms with Crippen LogP contribution in [0.1, 0.15) is 54.2 Å². The standard InChI is InChI=1S/C16H26N2OS.ClH/c1-10(9-17)18-15(19)14-8-11-7-12(16(2,3)4)5-6-13(11)20-14;/h8,10,12H,5-7,9,17H2,1-4H3,(H,18,19);1H/t10-,12?;/m0./s1. The fourth-order valence-corrected chi connectivity index (χ4v) is 3.84. The summed E-state index contributed by atoms with van der Waals surface area (Å²) in [5, 5.41) is 2.94. The van der Waals surface area contributed by atoms with Gasteiger partial charge in [0.05, 0.1) is 4.88 Å². The van der Waals surface area contributed by atoms with Crippen LogP contribution in [0.15, 0.2) is 6.07 Å². The van der Waals surface area contributed by atoms with Crippen LogP contribution in [0.5, 0.6) is 0 Å². The van der Waals surface area contributed by atoms with Crippen LogP contribution in [0.25, 0.3) is 0 Å². The summed E-state index contributed by atoms with van der Waals surface area (Å²) in [6.45, 7) is 9.34. The van der Waals surface area contributed by atoms with Gasteiger partial charge in [-0.1, -0.05) is 20.8 Å². The molecule has 0 spiro atoms. The molecule has 1 amide bonds. The first kappa shape index (κ1) is 18.5. The molecule has 0 aromatic carbocycles. The zero-order valence-electron chi connectivity index (χ0n) is 13.4. The molecule has 1 aliphatic carbocycles. The molecule has 1 aromatic rings.